The van der Waals surface area contributed by atoms with Crippen LogP contribution >= 0.6 is 0 Å². The molecule has 2 aliphatic heterocycles. The highest BCUT2D eigenvalue weighted by atomic mass is 19.4. The van der Waals surface area contributed by atoms with E-state index in [9.17, 15) is 27.6 Å². The van der Waals surface area contributed by atoms with Crippen molar-refractivity contribution in [3.05, 3.63) is 76.5 Å². The van der Waals surface area contributed by atoms with Crippen LogP contribution < -0.4 is 10.2 Å². The maximum atomic E-state index is 13.9. The highest BCUT2D eigenvalue weighted by Gasteiger charge is 2.43. The van der Waals surface area contributed by atoms with Gasteiger partial charge in [-0.2, -0.15) is 13.2 Å². The zero-order valence-corrected chi connectivity index (χ0v) is 21.8. The first-order valence-electron chi connectivity index (χ1n) is 12.2. The average molecular weight is 530 g/mol. The van der Waals surface area contributed by atoms with Crippen LogP contribution in [-0.2, 0) is 20.5 Å². The minimum absolute atomic E-state index is 0.0659. The number of ketones is 1. The van der Waals surface area contributed by atoms with Crippen molar-refractivity contribution in [2.24, 2.45) is 0 Å². The summed E-state index contributed by atoms with van der Waals surface area (Å²) < 4.78 is 45.9. The summed E-state index contributed by atoms with van der Waals surface area (Å²) in [5.41, 5.74) is 0.196. The van der Waals surface area contributed by atoms with E-state index in [1.807, 2.05) is 12.1 Å². The molecular formula is C28H30F3N3O4. The molecule has 2 heterocycles. The first-order valence-corrected chi connectivity index (χ1v) is 12.2. The quantitative estimate of drug-likeness (QED) is 0.392. The van der Waals surface area contributed by atoms with Crippen molar-refractivity contribution < 1.29 is 32.3 Å². The minimum Gasteiger partial charge on any atom is -0.459 e. The predicted octanol–water partition coefficient (Wildman–Crippen LogP) is 5.54. The fraction of sp³-hybridized carbons (Fsp3) is 0.393. The van der Waals surface area contributed by atoms with E-state index in [0.29, 0.717) is 5.56 Å². The molecule has 0 radical (unpaired) electrons. The molecule has 10 heteroatoms. The molecule has 2 aromatic rings. The summed E-state index contributed by atoms with van der Waals surface area (Å²) in [4.78, 5) is 42.1. The SMILES string of the molecule is CC(=O)C1=C(C)N(c2cccc(C(F)(F)F)c2)C(=O)N(CC(=O)OC(C)(C)C)[C@@H]1c1ccc(C2CN2)cc1. The van der Waals surface area contributed by atoms with Crippen LogP contribution in [0.3, 0.4) is 0 Å². The molecule has 0 bridgehead atoms. The number of alkyl halides is 3. The van der Waals surface area contributed by atoms with Gasteiger partial charge in [0.2, 0.25) is 0 Å². The van der Waals surface area contributed by atoms with Crippen molar-refractivity contribution >= 4 is 23.5 Å². The summed E-state index contributed by atoms with van der Waals surface area (Å²) in [5.74, 6) is -1.08. The molecule has 2 aliphatic rings. The van der Waals surface area contributed by atoms with E-state index in [1.165, 1.54) is 30.9 Å². The van der Waals surface area contributed by atoms with E-state index in [0.717, 1.165) is 29.1 Å². The molecule has 7 nitrogen and oxygen atoms in total. The molecule has 0 aromatic heterocycles. The second kappa shape index (κ2) is 9.90. The highest BCUT2D eigenvalue weighted by Crippen LogP contribution is 2.41. The smallest absolute Gasteiger partial charge is 0.416 e. The van der Waals surface area contributed by atoms with Gasteiger partial charge in [-0.1, -0.05) is 30.3 Å². The largest absolute Gasteiger partial charge is 0.459 e. The highest BCUT2D eigenvalue weighted by molar-refractivity contribution is 6.05. The molecule has 1 fully saturated rings. The number of rotatable bonds is 6. The number of nitrogens with zero attached hydrogens (tertiary/aromatic N) is 2. The van der Waals surface area contributed by atoms with Gasteiger partial charge < -0.3 is 15.0 Å². The predicted molar refractivity (Wildman–Crippen MR) is 135 cm³/mol. The molecule has 38 heavy (non-hydrogen) atoms. The molecule has 4 rings (SSSR count). The Morgan fingerprint density at radius 1 is 1.05 bits per heavy atom. The number of halogens is 3. The normalized spacial score (nSPS) is 20.1. The van der Waals surface area contributed by atoms with Crippen molar-refractivity contribution in [1.82, 2.24) is 10.2 Å². The van der Waals surface area contributed by atoms with Gasteiger partial charge in [0.15, 0.2) is 5.78 Å². The maximum Gasteiger partial charge on any atom is 0.416 e. The van der Waals surface area contributed by atoms with Crippen LogP contribution in [-0.4, -0.2) is 41.4 Å². The topological polar surface area (TPSA) is 88.9 Å². The van der Waals surface area contributed by atoms with Gasteiger partial charge in [0.1, 0.15) is 12.1 Å². The van der Waals surface area contributed by atoms with Gasteiger partial charge in [0.05, 0.1) is 17.3 Å². The fourth-order valence-corrected chi connectivity index (χ4v) is 4.65. The fourth-order valence-electron chi connectivity index (χ4n) is 4.65. The first kappa shape index (κ1) is 27.4. The van der Waals surface area contributed by atoms with Crippen LogP contribution in [0.5, 0.6) is 0 Å². The third-order valence-corrected chi connectivity index (χ3v) is 6.34. The van der Waals surface area contributed by atoms with E-state index in [1.54, 1.807) is 32.9 Å². The molecule has 0 aliphatic carbocycles. The Morgan fingerprint density at radius 2 is 1.66 bits per heavy atom. The number of esters is 1. The summed E-state index contributed by atoms with van der Waals surface area (Å²) in [6.45, 7) is 8.26. The maximum absolute atomic E-state index is 13.9. The van der Waals surface area contributed by atoms with Crippen molar-refractivity contribution in [3.63, 3.8) is 0 Å². The zero-order chi connectivity index (χ0) is 28.0. The summed E-state index contributed by atoms with van der Waals surface area (Å²) in [7, 11) is 0. The number of Topliss-reactive ketones (excluding diaryl/α,β-unsaturated/α-hetero) is 1. The molecular weight excluding hydrogens is 499 g/mol. The van der Waals surface area contributed by atoms with Crippen LogP contribution in [0.1, 0.15) is 63.4 Å². The van der Waals surface area contributed by atoms with Crippen molar-refractivity contribution in [2.45, 2.75) is 58.5 Å². The van der Waals surface area contributed by atoms with E-state index < -0.39 is 41.9 Å². The van der Waals surface area contributed by atoms with Crippen molar-refractivity contribution in [3.8, 4) is 0 Å². The van der Waals surface area contributed by atoms with E-state index in [4.69, 9.17) is 4.74 Å². The summed E-state index contributed by atoms with van der Waals surface area (Å²) in [6.07, 6.45) is -4.63. The number of amides is 2. The number of ether oxygens (including phenoxy) is 1. The van der Waals surface area contributed by atoms with E-state index in [2.05, 4.69) is 5.32 Å². The Balaban J connectivity index is 1.85. The monoisotopic (exact) mass is 529 g/mol. The molecule has 2 aromatic carbocycles. The molecule has 2 amide bonds. The lowest BCUT2D eigenvalue weighted by molar-refractivity contribution is -0.156. The number of anilines is 1. The number of hydrogen-bond acceptors (Lipinski definition) is 5. The number of carbonyl (C=O) groups is 3. The van der Waals surface area contributed by atoms with Gasteiger partial charge in [-0.05, 0) is 63.9 Å². The summed E-state index contributed by atoms with van der Waals surface area (Å²) >= 11 is 0. The molecule has 0 spiro atoms. The van der Waals surface area contributed by atoms with E-state index in [-0.39, 0.29) is 28.8 Å². The van der Waals surface area contributed by atoms with Crippen LogP contribution in [0.25, 0.3) is 0 Å². The lowest BCUT2D eigenvalue weighted by atomic mass is 9.89. The van der Waals surface area contributed by atoms with Gasteiger partial charge in [0.25, 0.3) is 0 Å². The molecule has 1 saturated heterocycles. The number of nitrogens with one attached hydrogen (secondary N) is 1. The average Bonchev–Trinajstić information content (AvgIpc) is 3.64. The van der Waals surface area contributed by atoms with Gasteiger partial charge in [-0.25, -0.2) is 4.79 Å². The third-order valence-electron chi connectivity index (χ3n) is 6.34. The Bertz CT molecular complexity index is 1290. The Hall–Kier alpha value is -3.66. The molecule has 2 atom stereocenters. The van der Waals surface area contributed by atoms with Crippen LogP contribution in [0.4, 0.5) is 23.7 Å². The van der Waals surface area contributed by atoms with Crippen molar-refractivity contribution in [2.75, 3.05) is 18.0 Å². The van der Waals surface area contributed by atoms with Gasteiger partial charge in [0, 0.05) is 23.9 Å². The molecule has 1 unspecified atom stereocenters. The summed E-state index contributed by atoms with van der Waals surface area (Å²) in [5, 5.41) is 3.21. The Morgan fingerprint density at radius 3 is 2.18 bits per heavy atom. The second-order valence-corrected chi connectivity index (χ2v) is 10.5. The van der Waals surface area contributed by atoms with Gasteiger partial charge in [-0.3, -0.25) is 14.5 Å². The number of hydrogen-bond donors (Lipinski definition) is 1. The standard InChI is InChI=1S/C28H30F3N3O4/c1-16-24(17(2)35)25(19-11-9-18(10-12-19)22-14-32-22)33(15-23(36)38-27(3,4)5)26(37)34(16)21-8-6-7-20(13-21)28(29,30)31/h6-13,22,25,32H,14-15H2,1-5H3/t22?,25-/m1/s1. The second-order valence-electron chi connectivity index (χ2n) is 10.5. The first-order chi connectivity index (χ1) is 17.7. The van der Waals surface area contributed by atoms with Crippen LogP contribution in [0, 0.1) is 0 Å². The molecule has 202 valence electrons. The summed E-state index contributed by atoms with van der Waals surface area (Å²) in [6, 6.07) is 10.3. The zero-order valence-electron chi connectivity index (χ0n) is 21.8. The lowest BCUT2D eigenvalue weighted by Crippen LogP contribution is -2.52. The van der Waals surface area contributed by atoms with Crippen LogP contribution in [0.15, 0.2) is 59.8 Å². The third kappa shape index (κ3) is 5.75. The molecule has 1 N–H and O–H groups in total. The Kier molecular flexibility index (Phi) is 7.13. The lowest BCUT2D eigenvalue weighted by Gasteiger charge is -2.43. The van der Waals surface area contributed by atoms with Crippen molar-refractivity contribution in [1.29, 1.82) is 0 Å². The molecule has 0 saturated carbocycles. The van der Waals surface area contributed by atoms with Gasteiger partial charge >= 0.3 is 18.2 Å². The number of urea groups is 1. The Labute approximate surface area is 219 Å². The van der Waals surface area contributed by atoms with Gasteiger partial charge in [-0.15, -0.1) is 0 Å². The van der Waals surface area contributed by atoms with Crippen LogP contribution in [0.2, 0.25) is 0 Å². The number of benzene rings is 2. The van der Waals surface area contributed by atoms with E-state index >= 15 is 0 Å². The number of carbonyl (C=O) groups excluding carboxylic acids is 3. The minimum atomic E-state index is -4.63. The number of allylic oxidation sites excluding steroid dienone is 1.